The molecular weight excluding hydrogens is 310 g/mol. The van der Waals surface area contributed by atoms with Gasteiger partial charge in [-0.1, -0.05) is 17.7 Å². The minimum atomic E-state index is -4.18. The Labute approximate surface area is 119 Å². The first-order chi connectivity index (χ1) is 9.31. The lowest BCUT2D eigenvalue weighted by molar-refractivity contribution is 0.583. The van der Waals surface area contributed by atoms with Crippen LogP contribution < -0.4 is 10.5 Å². The van der Waals surface area contributed by atoms with E-state index in [-0.39, 0.29) is 15.6 Å². The maximum Gasteiger partial charge on any atom is 0.265 e. The van der Waals surface area contributed by atoms with Gasteiger partial charge in [-0.25, -0.2) is 17.2 Å². The largest absolute Gasteiger partial charge is 0.398 e. The van der Waals surface area contributed by atoms with Crippen LogP contribution in [0.3, 0.4) is 0 Å². The summed E-state index contributed by atoms with van der Waals surface area (Å²) in [4.78, 5) is -0.356. The molecular formula is C12H9ClF2N2O2S. The van der Waals surface area contributed by atoms with Crippen LogP contribution >= 0.6 is 11.6 Å². The third kappa shape index (κ3) is 2.83. The van der Waals surface area contributed by atoms with E-state index in [2.05, 4.69) is 0 Å². The van der Waals surface area contributed by atoms with E-state index in [1.165, 1.54) is 18.2 Å². The highest BCUT2D eigenvalue weighted by molar-refractivity contribution is 7.93. The van der Waals surface area contributed by atoms with Crippen molar-refractivity contribution in [3.63, 3.8) is 0 Å². The molecule has 0 heterocycles. The van der Waals surface area contributed by atoms with Crippen molar-refractivity contribution in [2.75, 3.05) is 10.5 Å². The lowest BCUT2D eigenvalue weighted by atomic mass is 10.3. The summed E-state index contributed by atoms with van der Waals surface area (Å²) < 4.78 is 52.5. The number of nitrogen functional groups attached to an aromatic ring is 1. The average Bonchev–Trinajstić information content (AvgIpc) is 2.32. The molecule has 0 spiro atoms. The molecule has 4 nitrogen and oxygen atoms in total. The molecule has 2 aromatic rings. The molecule has 0 unspecified atom stereocenters. The van der Waals surface area contributed by atoms with Gasteiger partial charge in [0.25, 0.3) is 10.0 Å². The summed E-state index contributed by atoms with van der Waals surface area (Å²) in [7, 11) is -4.18. The minimum Gasteiger partial charge on any atom is -0.398 e. The molecule has 0 fully saturated rings. The fraction of sp³-hybridized carbons (Fsp3) is 0. The van der Waals surface area contributed by atoms with Crippen LogP contribution in [0.15, 0.2) is 41.3 Å². The number of hydrogen-bond acceptors (Lipinski definition) is 3. The molecule has 20 heavy (non-hydrogen) atoms. The maximum absolute atomic E-state index is 13.5. The SMILES string of the molecule is Nc1cccc(Cl)c1S(=O)(=O)Nc1ccc(F)cc1F. The van der Waals surface area contributed by atoms with E-state index in [0.29, 0.717) is 6.07 Å². The molecule has 3 N–H and O–H groups in total. The first-order valence-corrected chi connectivity index (χ1v) is 7.19. The van der Waals surface area contributed by atoms with Gasteiger partial charge in [-0.15, -0.1) is 0 Å². The Hall–Kier alpha value is -1.86. The van der Waals surface area contributed by atoms with Gasteiger partial charge in [0, 0.05) is 6.07 Å². The summed E-state index contributed by atoms with van der Waals surface area (Å²) in [6.45, 7) is 0. The normalized spacial score (nSPS) is 11.3. The fourth-order valence-electron chi connectivity index (χ4n) is 1.58. The molecule has 0 amide bonds. The number of benzene rings is 2. The topological polar surface area (TPSA) is 72.2 Å². The van der Waals surface area contributed by atoms with Gasteiger partial charge in [-0.05, 0) is 24.3 Å². The Bertz CT molecular complexity index is 746. The van der Waals surface area contributed by atoms with E-state index in [1.54, 1.807) is 0 Å². The molecule has 0 radical (unpaired) electrons. The van der Waals surface area contributed by atoms with Crippen LogP contribution in [0, 0.1) is 11.6 Å². The molecule has 0 saturated carbocycles. The Kier molecular flexibility index (Phi) is 3.82. The minimum absolute atomic E-state index is 0.0764. The van der Waals surface area contributed by atoms with E-state index < -0.39 is 27.3 Å². The monoisotopic (exact) mass is 318 g/mol. The van der Waals surface area contributed by atoms with Crippen LogP contribution in [-0.4, -0.2) is 8.42 Å². The van der Waals surface area contributed by atoms with E-state index >= 15 is 0 Å². The lowest BCUT2D eigenvalue weighted by Gasteiger charge is -2.12. The molecule has 0 aromatic heterocycles. The zero-order valence-corrected chi connectivity index (χ0v) is 11.5. The highest BCUT2D eigenvalue weighted by Crippen LogP contribution is 2.29. The van der Waals surface area contributed by atoms with E-state index in [4.69, 9.17) is 17.3 Å². The predicted octanol–water partition coefficient (Wildman–Crippen LogP) is 3.00. The average molecular weight is 319 g/mol. The first kappa shape index (κ1) is 14.5. The predicted molar refractivity (Wildman–Crippen MR) is 73.0 cm³/mol. The molecule has 0 aliphatic carbocycles. The maximum atomic E-state index is 13.5. The zero-order valence-electron chi connectivity index (χ0n) is 9.90. The van der Waals surface area contributed by atoms with Crippen LogP contribution in [-0.2, 0) is 10.0 Å². The summed E-state index contributed by atoms with van der Waals surface area (Å²) in [5, 5.41) is -0.0972. The highest BCUT2D eigenvalue weighted by Gasteiger charge is 2.22. The quantitative estimate of drug-likeness (QED) is 0.854. The van der Waals surface area contributed by atoms with Gasteiger partial charge in [0.05, 0.1) is 16.4 Å². The van der Waals surface area contributed by atoms with Crippen LogP contribution in [0.2, 0.25) is 5.02 Å². The van der Waals surface area contributed by atoms with Crippen molar-refractivity contribution in [2.24, 2.45) is 0 Å². The Balaban J connectivity index is 2.46. The number of anilines is 2. The van der Waals surface area contributed by atoms with Gasteiger partial charge in [-0.3, -0.25) is 4.72 Å². The molecule has 0 atom stereocenters. The third-order valence-electron chi connectivity index (χ3n) is 2.44. The molecule has 0 aliphatic rings. The number of hydrogen-bond donors (Lipinski definition) is 2. The highest BCUT2D eigenvalue weighted by atomic mass is 35.5. The van der Waals surface area contributed by atoms with E-state index in [1.807, 2.05) is 4.72 Å². The van der Waals surface area contributed by atoms with Crippen molar-refractivity contribution in [2.45, 2.75) is 4.90 Å². The fourth-order valence-corrected chi connectivity index (χ4v) is 3.32. The van der Waals surface area contributed by atoms with Crippen molar-refractivity contribution >= 4 is 33.0 Å². The molecule has 2 rings (SSSR count). The Morgan fingerprint density at radius 1 is 1.15 bits per heavy atom. The van der Waals surface area contributed by atoms with Crippen molar-refractivity contribution < 1.29 is 17.2 Å². The van der Waals surface area contributed by atoms with Gasteiger partial charge in [0.15, 0.2) is 0 Å². The summed E-state index contributed by atoms with van der Waals surface area (Å²) in [5.74, 6) is -1.86. The molecule has 0 aliphatic heterocycles. The van der Waals surface area contributed by atoms with Crippen LogP contribution in [0.4, 0.5) is 20.2 Å². The second-order valence-electron chi connectivity index (χ2n) is 3.89. The van der Waals surface area contributed by atoms with Crippen molar-refractivity contribution in [1.82, 2.24) is 0 Å². The molecule has 0 bridgehead atoms. The van der Waals surface area contributed by atoms with Crippen molar-refractivity contribution in [3.05, 3.63) is 53.1 Å². The summed E-state index contributed by atoms with van der Waals surface area (Å²) >= 11 is 5.79. The molecule has 2 aromatic carbocycles. The van der Waals surface area contributed by atoms with E-state index in [0.717, 1.165) is 12.1 Å². The number of sulfonamides is 1. The number of nitrogens with two attached hydrogens (primary N) is 1. The standard InChI is InChI=1S/C12H9ClF2N2O2S/c13-8-2-1-3-10(16)12(8)20(18,19)17-11-5-4-7(14)6-9(11)15/h1-6,17H,16H2. The molecule has 8 heteroatoms. The van der Waals surface area contributed by atoms with Crippen LogP contribution in [0.5, 0.6) is 0 Å². The number of nitrogens with one attached hydrogen (secondary N) is 1. The Morgan fingerprint density at radius 2 is 1.85 bits per heavy atom. The van der Waals surface area contributed by atoms with Gasteiger partial charge in [0.1, 0.15) is 16.5 Å². The zero-order chi connectivity index (χ0) is 14.9. The Morgan fingerprint density at radius 3 is 2.45 bits per heavy atom. The molecule has 0 saturated heterocycles. The van der Waals surface area contributed by atoms with Crippen molar-refractivity contribution in [1.29, 1.82) is 0 Å². The third-order valence-corrected chi connectivity index (χ3v) is 4.35. The summed E-state index contributed by atoms with van der Waals surface area (Å²) in [5.41, 5.74) is 5.09. The summed E-state index contributed by atoms with van der Waals surface area (Å²) in [6.07, 6.45) is 0. The number of halogens is 3. The van der Waals surface area contributed by atoms with Gasteiger partial charge in [0.2, 0.25) is 0 Å². The lowest BCUT2D eigenvalue weighted by Crippen LogP contribution is -2.16. The second-order valence-corrected chi connectivity index (χ2v) is 5.91. The smallest absolute Gasteiger partial charge is 0.265 e. The van der Waals surface area contributed by atoms with Crippen LogP contribution in [0.25, 0.3) is 0 Å². The van der Waals surface area contributed by atoms with Gasteiger partial charge in [-0.2, -0.15) is 0 Å². The second kappa shape index (κ2) is 5.26. The van der Waals surface area contributed by atoms with Crippen molar-refractivity contribution in [3.8, 4) is 0 Å². The molecule has 106 valence electrons. The first-order valence-electron chi connectivity index (χ1n) is 5.33. The number of rotatable bonds is 3. The van der Waals surface area contributed by atoms with Gasteiger partial charge >= 0.3 is 0 Å². The van der Waals surface area contributed by atoms with Gasteiger partial charge < -0.3 is 5.73 Å². The van der Waals surface area contributed by atoms with E-state index in [9.17, 15) is 17.2 Å². The van der Waals surface area contributed by atoms with Crippen LogP contribution in [0.1, 0.15) is 0 Å². The summed E-state index contributed by atoms with van der Waals surface area (Å²) in [6, 6.07) is 6.63.